The highest BCUT2D eigenvalue weighted by Gasteiger charge is 2.14. The van der Waals surface area contributed by atoms with E-state index >= 15 is 0 Å². The van der Waals surface area contributed by atoms with Crippen molar-refractivity contribution in [3.05, 3.63) is 53.9 Å². The van der Waals surface area contributed by atoms with E-state index in [4.69, 9.17) is 0 Å². The van der Waals surface area contributed by atoms with Crippen LogP contribution in [0, 0.1) is 0 Å². The van der Waals surface area contributed by atoms with Gasteiger partial charge in [-0.2, -0.15) is 0 Å². The van der Waals surface area contributed by atoms with Crippen LogP contribution in [-0.2, 0) is 11.8 Å². The maximum Gasteiger partial charge on any atom is 0.325 e. The van der Waals surface area contributed by atoms with Gasteiger partial charge in [-0.3, -0.25) is 10.3 Å². The summed E-state index contributed by atoms with van der Waals surface area (Å²) in [6.07, 6.45) is 2.62. The van der Waals surface area contributed by atoms with Gasteiger partial charge in [0.25, 0.3) is 0 Å². The van der Waals surface area contributed by atoms with Crippen molar-refractivity contribution in [3.63, 3.8) is 0 Å². The zero-order valence-electron chi connectivity index (χ0n) is 15.9. The van der Waals surface area contributed by atoms with Crippen molar-refractivity contribution in [3.8, 4) is 10.6 Å². The molecule has 140 valence electrons. The Labute approximate surface area is 163 Å². The number of aryl methyl sites for hydroxylation is 1. The highest BCUT2D eigenvalue weighted by Crippen LogP contribution is 2.27. The Bertz CT molecular complexity index is 928. The number of pyridine rings is 1. The van der Waals surface area contributed by atoms with E-state index in [0.29, 0.717) is 5.13 Å². The number of nitrogens with one attached hydrogen (secondary N) is 2. The number of aromatic nitrogens is 3. The maximum absolute atomic E-state index is 12.2. The number of benzene rings is 1. The minimum absolute atomic E-state index is 0.0777. The number of hydrogen-bond donors (Lipinski definition) is 2. The molecule has 3 rings (SSSR count). The third-order valence-corrected chi connectivity index (χ3v) is 4.97. The van der Waals surface area contributed by atoms with Crippen LogP contribution in [0.1, 0.15) is 39.0 Å². The second-order valence-corrected chi connectivity index (χ2v) is 8.19. The van der Waals surface area contributed by atoms with E-state index in [1.54, 1.807) is 6.20 Å². The molecule has 2 aromatic heterocycles. The number of rotatable bonds is 4. The van der Waals surface area contributed by atoms with Gasteiger partial charge in [-0.25, -0.2) is 4.79 Å². The molecule has 1 aromatic carbocycles. The summed E-state index contributed by atoms with van der Waals surface area (Å²) in [5.41, 5.74) is 3.96. The molecule has 0 atom stereocenters. The summed E-state index contributed by atoms with van der Waals surface area (Å²) >= 11 is 1.33. The van der Waals surface area contributed by atoms with E-state index in [1.807, 2.05) is 36.4 Å². The molecular formula is C20H23N5OS. The second kappa shape index (κ2) is 7.84. The van der Waals surface area contributed by atoms with Crippen LogP contribution < -0.4 is 10.6 Å². The van der Waals surface area contributed by atoms with E-state index in [1.165, 1.54) is 16.9 Å². The van der Waals surface area contributed by atoms with Gasteiger partial charge in [0.05, 0.1) is 0 Å². The molecule has 2 heterocycles. The molecule has 0 saturated carbocycles. The molecular weight excluding hydrogens is 358 g/mol. The predicted octanol–water partition coefficient (Wildman–Crippen LogP) is 5.10. The van der Waals surface area contributed by atoms with E-state index in [2.05, 4.69) is 53.5 Å². The highest BCUT2D eigenvalue weighted by molar-refractivity contribution is 7.18. The van der Waals surface area contributed by atoms with E-state index in [9.17, 15) is 4.79 Å². The summed E-state index contributed by atoms with van der Waals surface area (Å²) in [5.74, 6) is 0. The molecule has 0 radical (unpaired) electrons. The number of anilines is 2. The van der Waals surface area contributed by atoms with Crippen LogP contribution in [0.4, 0.5) is 15.6 Å². The number of carbonyl (C=O) groups excluding carboxylic acids is 1. The fraction of sp³-hybridized carbons (Fsp3) is 0.300. The van der Waals surface area contributed by atoms with Crippen LogP contribution in [-0.4, -0.2) is 21.2 Å². The summed E-state index contributed by atoms with van der Waals surface area (Å²) in [5, 5.41) is 15.0. The lowest BCUT2D eigenvalue weighted by Crippen LogP contribution is -2.19. The molecule has 0 bridgehead atoms. The fourth-order valence-electron chi connectivity index (χ4n) is 2.51. The molecule has 0 fully saturated rings. The smallest absolute Gasteiger partial charge is 0.308 e. The number of nitrogens with zero attached hydrogens (tertiary/aromatic N) is 3. The van der Waals surface area contributed by atoms with Gasteiger partial charge in [-0.1, -0.05) is 51.2 Å². The standard InChI is InChI=1S/C20H23N5OS/c1-5-15-12-13(10-11-21-15)17-24-25-19(27-17)23-18(26)22-16-8-6-14(7-9-16)20(2,3)4/h6-12H,5H2,1-4H3,(H2,22,23,25,26). The Balaban J connectivity index is 1.64. The summed E-state index contributed by atoms with van der Waals surface area (Å²) in [6, 6.07) is 11.4. The zero-order valence-corrected chi connectivity index (χ0v) is 16.7. The Morgan fingerprint density at radius 1 is 1.07 bits per heavy atom. The first-order valence-corrected chi connectivity index (χ1v) is 9.64. The molecule has 7 heteroatoms. The lowest BCUT2D eigenvalue weighted by Gasteiger charge is -2.19. The summed E-state index contributed by atoms with van der Waals surface area (Å²) in [4.78, 5) is 16.5. The highest BCUT2D eigenvalue weighted by atomic mass is 32.1. The van der Waals surface area contributed by atoms with Crippen LogP contribution in [0.3, 0.4) is 0 Å². The Kier molecular flexibility index (Phi) is 5.51. The summed E-state index contributed by atoms with van der Waals surface area (Å²) in [6.45, 7) is 8.52. The minimum atomic E-state index is -0.342. The number of carbonyl (C=O) groups is 1. The maximum atomic E-state index is 12.2. The summed E-state index contributed by atoms with van der Waals surface area (Å²) in [7, 11) is 0. The zero-order chi connectivity index (χ0) is 19.4. The average molecular weight is 382 g/mol. The van der Waals surface area contributed by atoms with Crippen LogP contribution in [0.25, 0.3) is 10.6 Å². The quantitative estimate of drug-likeness (QED) is 0.658. The Morgan fingerprint density at radius 2 is 1.81 bits per heavy atom. The molecule has 2 amide bonds. The van der Waals surface area contributed by atoms with Crippen LogP contribution >= 0.6 is 11.3 Å². The first kappa shape index (κ1) is 19.0. The van der Waals surface area contributed by atoms with Crippen LogP contribution in [0.2, 0.25) is 0 Å². The van der Waals surface area contributed by atoms with E-state index in [0.717, 1.165) is 28.4 Å². The first-order valence-electron chi connectivity index (χ1n) is 8.82. The number of hydrogen-bond acceptors (Lipinski definition) is 5. The van der Waals surface area contributed by atoms with Crippen molar-refractivity contribution in [1.29, 1.82) is 0 Å². The van der Waals surface area contributed by atoms with Gasteiger partial charge in [0.15, 0.2) is 0 Å². The van der Waals surface area contributed by atoms with Crippen LogP contribution in [0.5, 0.6) is 0 Å². The minimum Gasteiger partial charge on any atom is -0.308 e. The molecule has 0 aliphatic carbocycles. The monoisotopic (exact) mass is 381 g/mol. The van der Waals surface area contributed by atoms with Crippen molar-refractivity contribution in [1.82, 2.24) is 15.2 Å². The third-order valence-electron chi connectivity index (χ3n) is 4.08. The number of urea groups is 1. The van der Waals surface area contributed by atoms with E-state index < -0.39 is 0 Å². The molecule has 0 saturated heterocycles. The normalized spacial score (nSPS) is 11.3. The summed E-state index contributed by atoms with van der Waals surface area (Å²) < 4.78 is 0. The van der Waals surface area contributed by atoms with Crippen molar-refractivity contribution in [2.75, 3.05) is 10.6 Å². The van der Waals surface area contributed by atoms with Gasteiger partial charge in [0.2, 0.25) is 5.13 Å². The molecule has 3 aromatic rings. The molecule has 0 unspecified atom stereocenters. The molecule has 6 nitrogen and oxygen atoms in total. The van der Waals surface area contributed by atoms with Crippen molar-refractivity contribution in [2.24, 2.45) is 0 Å². The SMILES string of the molecule is CCc1cc(-c2nnc(NC(=O)Nc3ccc(C(C)(C)C)cc3)s2)ccn1. The third kappa shape index (κ3) is 4.89. The first-order chi connectivity index (χ1) is 12.8. The lowest BCUT2D eigenvalue weighted by molar-refractivity contribution is 0.262. The number of amides is 2. The lowest BCUT2D eigenvalue weighted by atomic mass is 9.87. The van der Waals surface area contributed by atoms with Gasteiger partial charge < -0.3 is 5.32 Å². The van der Waals surface area contributed by atoms with E-state index in [-0.39, 0.29) is 11.4 Å². The largest absolute Gasteiger partial charge is 0.325 e. The fourth-order valence-corrected chi connectivity index (χ4v) is 3.24. The second-order valence-electron chi connectivity index (χ2n) is 7.21. The van der Waals surface area contributed by atoms with Gasteiger partial charge >= 0.3 is 6.03 Å². The molecule has 2 N–H and O–H groups in total. The van der Waals surface area contributed by atoms with Gasteiger partial charge in [0.1, 0.15) is 5.01 Å². The molecule has 0 spiro atoms. The van der Waals surface area contributed by atoms with Crippen molar-refractivity contribution < 1.29 is 4.79 Å². The predicted molar refractivity (Wildman–Crippen MR) is 110 cm³/mol. The average Bonchev–Trinajstić information content (AvgIpc) is 3.10. The van der Waals surface area contributed by atoms with Crippen LogP contribution in [0.15, 0.2) is 42.6 Å². The molecule has 0 aliphatic rings. The molecule has 27 heavy (non-hydrogen) atoms. The van der Waals surface area contributed by atoms with Crippen molar-refractivity contribution in [2.45, 2.75) is 39.5 Å². The van der Waals surface area contributed by atoms with Gasteiger partial charge in [-0.15, -0.1) is 10.2 Å². The van der Waals surface area contributed by atoms with Gasteiger partial charge in [0, 0.05) is 23.1 Å². The van der Waals surface area contributed by atoms with Gasteiger partial charge in [-0.05, 0) is 41.7 Å². The Hall–Kier alpha value is -2.80. The Morgan fingerprint density at radius 3 is 2.48 bits per heavy atom. The topological polar surface area (TPSA) is 79.8 Å². The van der Waals surface area contributed by atoms with Crippen molar-refractivity contribution >= 4 is 28.2 Å². The molecule has 0 aliphatic heterocycles.